The van der Waals surface area contributed by atoms with Gasteiger partial charge in [0.2, 0.25) is 10.0 Å². The van der Waals surface area contributed by atoms with E-state index in [4.69, 9.17) is 0 Å². The molecule has 0 aliphatic carbocycles. The summed E-state index contributed by atoms with van der Waals surface area (Å²) in [5, 5.41) is 2.89. The standard InChI is InChI=1S/C17H22BrN3O3S/c1-17(2,12-5-7-13(18)8-6-12)11-20-16(22)15-9-14(10-21(15)4)25(23,24)19-3/h5-10,19H,11H2,1-4H3,(H,20,22). The molecular weight excluding hydrogens is 406 g/mol. The molecule has 1 aromatic carbocycles. The van der Waals surface area contributed by atoms with Gasteiger partial charge in [0.1, 0.15) is 10.6 Å². The fraction of sp³-hybridized carbons (Fsp3) is 0.353. The number of rotatable bonds is 6. The van der Waals surface area contributed by atoms with E-state index in [2.05, 4.69) is 26.0 Å². The average molecular weight is 428 g/mol. The molecule has 2 N–H and O–H groups in total. The summed E-state index contributed by atoms with van der Waals surface area (Å²) >= 11 is 3.41. The van der Waals surface area contributed by atoms with Crippen LogP contribution in [-0.2, 0) is 22.5 Å². The smallest absolute Gasteiger partial charge is 0.267 e. The predicted molar refractivity (Wildman–Crippen MR) is 101 cm³/mol. The van der Waals surface area contributed by atoms with E-state index in [1.165, 1.54) is 23.9 Å². The molecule has 0 saturated heterocycles. The van der Waals surface area contributed by atoms with E-state index >= 15 is 0 Å². The lowest BCUT2D eigenvalue weighted by Crippen LogP contribution is -2.37. The molecule has 1 aromatic heterocycles. The minimum Gasteiger partial charge on any atom is -0.350 e. The van der Waals surface area contributed by atoms with Crippen LogP contribution in [0.2, 0.25) is 0 Å². The van der Waals surface area contributed by atoms with Gasteiger partial charge >= 0.3 is 0 Å². The number of aryl methyl sites for hydroxylation is 1. The lowest BCUT2D eigenvalue weighted by molar-refractivity contribution is 0.0937. The molecule has 136 valence electrons. The van der Waals surface area contributed by atoms with Crippen LogP contribution in [0.4, 0.5) is 0 Å². The topological polar surface area (TPSA) is 80.2 Å². The summed E-state index contributed by atoms with van der Waals surface area (Å²) in [6, 6.07) is 9.32. The first-order valence-corrected chi connectivity index (χ1v) is 9.98. The van der Waals surface area contributed by atoms with Crippen LogP contribution in [-0.4, -0.2) is 32.5 Å². The van der Waals surface area contributed by atoms with Crippen LogP contribution in [0.5, 0.6) is 0 Å². The van der Waals surface area contributed by atoms with Gasteiger partial charge in [-0.1, -0.05) is 41.9 Å². The maximum atomic E-state index is 12.5. The lowest BCUT2D eigenvalue weighted by Gasteiger charge is -2.25. The molecule has 0 aliphatic heterocycles. The number of carbonyl (C=O) groups excluding carboxylic acids is 1. The zero-order valence-corrected chi connectivity index (χ0v) is 17.0. The van der Waals surface area contributed by atoms with Gasteiger partial charge in [0, 0.05) is 29.7 Å². The summed E-state index contributed by atoms with van der Waals surface area (Å²) in [5.41, 5.74) is 1.13. The fourth-order valence-electron chi connectivity index (χ4n) is 2.42. The Kier molecular flexibility index (Phi) is 5.75. The Morgan fingerprint density at radius 3 is 2.40 bits per heavy atom. The Morgan fingerprint density at radius 2 is 1.84 bits per heavy atom. The molecule has 0 radical (unpaired) electrons. The molecule has 0 saturated carbocycles. The van der Waals surface area contributed by atoms with E-state index in [0.29, 0.717) is 12.2 Å². The highest BCUT2D eigenvalue weighted by Crippen LogP contribution is 2.24. The van der Waals surface area contributed by atoms with Gasteiger partial charge < -0.3 is 9.88 Å². The van der Waals surface area contributed by atoms with Crippen LogP contribution in [0.25, 0.3) is 0 Å². The number of sulfonamides is 1. The van der Waals surface area contributed by atoms with Gasteiger partial charge in [-0.15, -0.1) is 0 Å². The summed E-state index contributed by atoms with van der Waals surface area (Å²) in [6.07, 6.45) is 1.42. The normalized spacial score (nSPS) is 12.2. The number of hydrogen-bond acceptors (Lipinski definition) is 3. The average Bonchev–Trinajstić information content (AvgIpc) is 2.96. The van der Waals surface area contributed by atoms with Gasteiger partial charge in [-0.05, 0) is 30.8 Å². The molecule has 2 aromatic rings. The third-order valence-electron chi connectivity index (χ3n) is 4.11. The second-order valence-electron chi connectivity index (χ2n) is 6.45. The molecule has 0 unspecified atom stereocenters. The molecule has 0 spiro atoms. The van der Waals surface area contributed by atoms with E-state index in [1.807, 2.05) is 38.1 Å². The fourth-order valence-corrected chi connectivity index (χ4v) is 3.48. The highest BCUT2D eigenvalue weighted by Gasteiger charge is 2.24. The first kappa shape index (κ1) is 19.7. The van der Waals surface area contributed by atoms with Crippen LogP contribution in [0.15, 0.2) is 45.9 Å². The van der Waals surface area contributed by atoms with Gasteiger partial charge in [-0.2, -0.15) is 0 Å². The number of halogens is 1. The van der Waals surface area contributed by atoms with Crippen molar-refractivity contribution in [1.82, 2.24) is 14.6 Å². The van der Waals surface area contributed by atoms with Gasteiger partial charge in [0.05, 0.1) is 0 Å². The number of benzene rings is 1. The number of hydrogen-bond donors (Lipinski definition) is 2. The summed E-state index contributed by atoms with van der Waals surface area (Å²) < 4.78 is 28.5. The summed E-state index contributed by atoms with van der Waals surface area (Å²) in [7, 11) is -0.601. The van der Waals surface area contributed by atoms with E-state index in [1.54, 1.807) is 7.05 Å². The number of nitrogens with one attached hydrogen (secondary N) is 2. The largest absolute Gasteiger partial charge is 0.350 e. The summed E-state index contributed by atoms with van der Waals surface area (Å²) in [5.74, 6) is -0.315. The van der Waals surface area contributed by atoms with Crippen molar-refractivity contribution in [2.75, 3.05) is 13.6 Å². The van der Waals surface area contributed by atoms with Crippen molar-refractivity contribution in [3.05, 3.63) is 52.3 Å². The Morgan fingerprint density at radius 1 is 1.24 bits per heavy atom. The molecule has 25 heavy (non-hydrogen) atoms. The highest BCUT2D eigenvalue weighted by atomic mass is 79.9. The first-order valence-electron chi connectivity index (χ1n) is 7.71. The minimum atomic E-state index is -3.58. The first-order chi connectivity index (χ1) is 11.6. The van der Waals surface area contributed by atoms with Gasteiger partial charge in [0.25, 0.3) is 5.91 Å². The maximum Gasteiger partial charge on any atom is 0.267 e. The monoisotopic (exact) mass is 427 g/mol. The zero-order valence-electron chi connectivity index (χ0n) is 14.6. The van der Waals surface area contributed by atoms with Crippen LogP contribution in [0, 0.1) is 0 Å². The lowest BCUT2D eigenvalue weighted by atomic mass is 9.84. The van der Waals surface area contributed by atoms with Gasteiger partial charge in [0.15, 0.2) is 0 Å². The quantitative estimate of drug-likeness (QED) is 0.742. The third kappa shape index (κ3) is 4.50. The Labute approximate surface area is 156 Å². The molecule has 8 heteroatoms. The molecule has 0 fully saturated rings. The molecule has 0 atom stereocenters. The SMILES string of the molecule is CNS(=O)(=O)c1cc(C(=O)NCC(C)(C)c2ccc(Br)cc2)n(C)c1. The van der Waals surface area contributed by atoms with Crippen LogP contribution >= 0.6 is 15.9 Å². The number of nitrogens with zero attached hydrogens (tertiary/aromatic N) is 1. The molecule has 0 aliphatic rings. The van der Waals surface area contributed by atoms with Crippen molar-refractivity contribution in [2.24, 2.45) is 7.05 Å². The van der Waals surface area contributed by atoms with E-state index in [-0.39, 0.29) is 16.2 Å². The summed E-state index contributed by atoms with van der Waals surface area (Å²) in [4.78, 5) is 12.5. The van der Waals surface area contributed by atoms with Crippen LogP contribution in [0.3, 0.4) is 0 Å². The van der Waals surface area contributed by atoms with Crippen molar-refractivity contribution in [2.45, 2.75) is 24.2 Å². The van der Waals surface area contributed by atoms with E-state index in [0.717, 1.165) is 10.0 Å². The second kappa shape index (κ2) is 7.31. The van der Waals surface area contributed by atoms with Crippen molar-refractivity contribution < 1.29 is 13.2 Å². The van der Waals surface area contributed by atoms with Gasteiger partial charge in [-0.3, -0.25) is 4.79 Å². The predicted octanol–water partition coefficient (Wildman–Crippen LogP) is 2.40. The molecule has 6 nitrogen and oxygen atoms in total. The molecule has 2 rings (SSSR count). The van der Waals surface area contributed by atoms with Gasteiger partial charge in [-0.25, -0.2) is 13.1 Å². The van der Waals surface area contributed by atoms with E-state index in [9.17, 15) is 13.2 Å². The third-order valence-corrected chi connectivity index (χ3v) is 6.02. The Balaban J connectivity index is 2.14. The highest BCUT2D eigenvalue weighted by molar-refractivity contribution is 9.10. The Hall–Kier alpha value is -1.64. The molecular formula is C17H22BrN3O3S. The molecule has 1 amide bonds. The van der Waals surface area contributed by atoms with Crippen molar-refractivity contribution in [3.63, 3.8) is 0 Å². The van der Waals surface area contributed by atoms with Crippen LogP contribution in [0.1, 0.15) is 29.9 Å². The number of aromatic nitrogens is 1. The summed E-state index contributed by atoms with van der Waals surface area (Å²) in [6.45, 7) is 4.50. The Bertz CT molecular complexity index is 871. The molecule has 0 bridgehead atoms. The minimum absolute atomic E-state index is 0.0646. The van der Waals surface area contributed by atoms with Crippen molar-refractivity contribution in [1.29, 1.82) is 0 Å². The van der Waals surface area contributed by atoms with Crippen LogP contribution < -0.4 is 10.0 Å². The van der Waals surface area contributed by atoms with Crippen molar-refractivity contribution in [3.8, 4) is 0 Å². The number of carbonyl (C=O) groups is 1. The molecule has 1 heterocycles. The van der Waals surface area contributed by atoms with E-state index < -0.39 is 10.0 Å². The zero-order chi connectivity index (χ0) is 18.8. The maximum absolute atomic E-state index is 12.5. The van der Waals surface area contributed by atoms with Crippen molar-refractivity contribution >= 4 is 31.9 Å². The second-order valence-corrected chi connectivity index (χ2v) is 9.26. The number of amides is 1.